The summed E-state index contributed by atoms with van der Waals surface area (Å²) in [4.78, 5) is 25.6. The van der Waals surface area contributed by atoms with Gasteiger partial charge in [-0.3, -0.25) is 0 Å². The van der Waals surface area contributed by atoms with Crippen LogP contribution in [0.15, 0.2) is 39.9 Å². The monoisotopic (exact) mass is 297 g/mol. The number of para-hydroxylation sites is 1. The summed E-state index contributed by atoms with van der Waals surface area (Å²) in [7, 11) is 0. The summed E-state index contributed by atoms with van der Waals surface area (Å²) in [6, 6.07) is 8.45. The lowest BCUT2D eigenvalue weighted by Gasteiger charge is -2.93. The van der Waals surface area contributed by atoms with Gasteiger partial charge in [0.05, 0.1) is 17.8 Å². The van der Waals surface area contributed by atoms with E-state index in [9.17, 15) is 9.59 Å². The average molecular weight is 297 g/mol. The fraction of sp³-hybridized carbons (Fsp3) is 0.500. The van der Waals surface area contributed by atoms with Crippen molar-refractivity contribution in [2.75, 3.05) is 0 Å². The SMILES string of the molecule is O=c1n(-c2ccccc2)c(=O)n2n1[C@@H]1[C@@H]3[C@H]4[C@H]5[C@H]3[C@@H]2[C@]5(F)[C@@H]41. The maximum absolute atomic E-state index is 15.2. The first-order valence-electron chi connectivity index (χ1n) is 7.88. The van der Waals surface area contributed by atoms with Gasteiger partial charge in [-0.25, -0.2) is 27.9 Å². The van der Waals surface area contributed by atoms with Gasteiger partial charge in [0, 0.05) is 11.8 Å². The Morgan fingerprint density at radius 2 is 1.64 bits per heavy atom. The summed E-state index contributed by atoms with van der Waals surface area (Å²) >= 11 is 0. The Balaban J connectivity index is 1.57. The molecule has 6 heteroatoms. The predicted molar refractivity (Wildman–Crippen MR) is 73.7 cm³/mol. The lowest BCUT2D eigenvalue weighted by molar-refractivity contribution is -0.495. The molecule has 2 aliphatic heterocycles. The quantitative estimate of drug-likeness (QED) is 0.779. The number of nitrogens with zero attached hydrogens (tertiary/aromatic N) is 3. The fourth-order valence-electron chi connectivity index (χ4n) is 6.77. The molecule has 3 heterocycles. The molecule has 5 nitrogen and oxygen atoms in total. The summed E-state index contributed by atoms with van der Waals surface area (Å²) < 4.78 is 19.4. The van der Waals surface area contributed by atoms with Crippen LogP contribution in [0.5, 0.6) is 0 Å². The van der Waals surface area contributed by atoms with E-state index in [1.165, 1.54) is 9.25 Å². The summed E-state index contributed by atoms with van der Waals surface area (Å²) in [6.45, 7) is 0. The Kier molecular flexibility index (Phi) is 1.27. The van der Waals surface area contributed by atoms with Gasteiger partial charge in [0.15, 0.2) is 0 Å². The third-order valence-electron chi connectivity index (χ3n) is 7.30. The summed E-state index contributed by atoms with van der Waals surface area (Å²) in [6.07, 6.45) is 0. The van der Waals surface area contributed by atoms with Gasteiger partial charge in [-0.05, 0) is 29.9 Å². The fourth-order valence-corrected chi connectivity index (χ4v) is 6.77. The number of alkyl halides is 1. The zero-order chi connectivity index (χ0) is 14.5. The van der Waals surface area contributed by atoms with E-state index in [1.807, 2.05) is 6.07 Å². The van der Waals surface area contributed by atoms with Crippen molar-refractivity contribution in [3.8, 4) is 5.69 Å². The molecule has 1 aromatic heterocycles. The molecule has 0 unspecified atom stereocenters. The van der Waals surface area contributed by atoms with E-state index in [-0.39, 0.29) is 29.3 Å². The van der Waals surface area contributed by atoms with Crippen LogP contribution in [0.1, 0.15) is 12.1 Å². The zero-order valence-corrected chi connectivity index (χ0v) is 11.5. The molecule has 4 fully saturated rings. The largest absolute Gasteiger partial charge is 0.352 e. The molecule has 110 valence electrons. The second-order valence-corrected chi connectivity index (χ2v) is 7.47. The van der Waals surface area contributed by atoms with Crippen molar-refractivity contribution >= 4 is 0 Å². The van der Waals surface area contributed by atoms with Crippen molar-refractivity contribution in [2.45, 2.75) is 17.8 Å². The highest BCUT2D eigenvalue weighted by atomic mass is 19.1. The first-order chi connectivity index (χ1) is 10.7. The molecule has 4 saturated carbocycles. The summed E-state index contributed by atoms with van der Waals surface area (Å²) in [5, 5.41) is 0. The molecule has 8 rings (SSSR count). The second kappa shape index (κ2) is 2.64. The lowest BCUT2D eigenvalue weighted by Crippen LogP contribution is -2.98. The van der Waals surface area contributed by atoms with E-state index in [0.717, 1.165) is 0 Å². The van der Waals surface area contributed by atoms with Gasteiger partial charge in [0.1, 0.15) is 5.67 Å². The van der Waals surface area contributed by atoms with Gasteiger partial charge in [0.2, 0.25) is 0 Å². The van der Waals surface area contributed by atoms with Crippen molar-refractivity contribution < 1.29 is 4.39 Å². The Labute approximate surface area is 123 Å². The predicted octanol–water partition coefficient (Wildman–Crippen LogP) is 0.740. The van der Waals surface area contributed by atoms with E-state index in [1.54, 1.807) is 28.9 Å². The van der Waals surface area contributed by atoms with Gasteiger partial charge in [0.25, 0.3) is 0 Å². The normalized spacial score (nSPS) is 50.1. The highest BCUT2D eigenvalue weighted by Crippen LogP contribution is 2.94. The van der Waals surface area contributed by atoms with Crippen molar-refractivity contribution in [3.63, 3.8) is 0 Å². The van der Waals surface area contributed by atoms with E-state index < -0.39 is 11.7 Å². The van der Waals surface area contributed by atoms with Crippen LogP contribution in [0.2, 0.25) is 0 Å². The molecule has 1 aromatic carbocycles. The smallest absolute Gasteiger partial charge is 0.245 e. The minimum atomic E-state index is -1.20. The molecular weight excluding hydrogens is 285 g/mol. The van der Waals surface area contributed by atoms with Gasteiger partial charge in [-0.15, -0.1) is 0 Å². The Morgan fingerprint density at radius 3 is 2.36 bits per heavy atom. The minimum absolute atomic E-state index is 0.0128. The standard InChI is InChI=1S/C16H12FN3O2/c17-16-10-8-7-9(10)13(16)20-15(22)18(6-4-2-1-3-5-6)14(21)19(20)12(7)11(8)16/h1-5,7-13H/t7-,8+,9+,10+,11+,12-,13-,16-/m1/s1. The first-order valence-corrected chi connectivity index (χ1v) is 7.88. The van der Waals surface area contributed by atoms with Crippen molar-refractivity contribution in [1.82, 2.24) is 13.9 Å². The third-order valence-corrected chi connectivity index (χ3v) is 7.30. The Bertz CT molecular complexity index is 1000. The molecule has 0 saturated heterocycles. The molecule has 0 spiro atoms. The molecule has 8 atom stereocenters. The van der Waals surface area contributed by atoms with Crippen LogP contribution in [0.25, 0.3) is 5.69 Å². The van der Waals surface area contributed by atoms with Crippen LogP contribution in [-0.4, -0.2) is 19.6 Å². The lowest BCUT2D eigenvalue weighted by atomic mass is 9.15. The number of benzene rings is 1. The maximum Gasteiger partial charge on any atom is 0.352 e. The molecule has 6 aliphatic rings. The molecule has 22 heavy (non-hydrogen) atoms. The molecule has 2 bridgehead atoms. The third kappa shape index (κ3) is 0.661. The average Bonchev–Trinajstić information content (AvgIpc) is 2.72. The summed E-state index contributed by atoms with van der Waals surface area (Å²) in [5.41, 5.74) is -1.32. The molecule has 0 N–H and O–H groups in total. The minimum Gasteiger partial charge on any atom is -0.245 e. The Morgan fingerprint density at radius 1 is 0.909 bits per heavy atom. The van der Waals surface area contributed by atoms with Gasteiger partial charge < -0.3 is 0 Å². The molecule has 0 amide bonds. The number of hydrogen-bond acceptors (Lipinski definition) is 2. The number of rotatable bonds is 1. The van der Waals surface area contributed by atoms with Crippen molar-refractivity contribution in [2.24, 2.45) is 29.6 Å². The highest BCUT2D eigenvalue weighted by molar-refractivity contribution is 5.45. The number of halogens is 1. The van der Waals surface area contributed by atoms with Crippen LogP contribution < -0.4 is 11.4 Å². The van der Waals surface area contributed by atoms with Crippen LogP contribution in [0.3, 0.4) is 0 Å². The van der Waals surface area contributed by atoms with E-state index in [4.69, 9.17) is 0 Å². The highest BCUT2D eigenvalue weighted by Gasteiger charge is 2.98. The van der Waals surface area contributed by atoms with E-state index in [0.29, 0.717) is 23.4 Å². The van der Waals surface area contributed by atoms with Gasteiger partial charge in [-0.1, -0.05) is 18.2 Å². The number of hydrogen-bond donors (Lipinski definition) is 0. The van der Waals surface area contributed by atoms with Crippen LogP contribution in [0, 0.1) is 29.6 Å². The Hall–Kier alpha value is -2.11. The van der Waals surface area contributed by atoms with Crippen LogP contribution in [-0.2, 0) is 0 Å². The molecule has 2 aromatic rings. The first kappa shape index (κ1) is 10.6. The van der Waals surface area contributed by atoms with Gasteiger partial charge in [-0.2, -0.15) is 0 Å². The maximum atomic E-state index is 15.2. The molecule has 4 aliphatic carbocycles. The zero-order valence-electron chi connectivity index (χ0n) is 11.5. The summed E-state index contributed by atoms with van der Waals surface area (Å²) in [5.74, 6) is 1.41. The van der Waals surface area contributed by atoms with Crippen molar-refractivity contribution in [1.29, 1.82) is 0 Å². The van der Waals surface area contributed by atoms with Crippen molar-refractivity contribution in [3.05, 3.63) is 51.3 Å². The second-order valence-electron chi connectivity index (χ2n) is 7.47. The van der Waals surface area contributed by atoms with Crippen LogP contribution in [0.4, 0.5) is 4.39 Å². The molecule has 0 radical (unpaired) electrons. The molecular formula is C16H12FN3O2. The van der Waals surface area contributed by atoms with Crippen LogP contribution >= 0.6 is 0 Å². The topological polar surface area (TPSA) is 48.9 Å². The van der Waals surface area contributed by atoms with E-state index >= 15 is 4.39 Å². The van der Waals surface area contributed by atoms with Gasteiger partial charge >= 0.3 is 11.4 Å². The number of aromatic nitrogens is 3. The van der Waals surface area contributed by atoms with E-state index in [2.05, 4.69) is 0 Å².